The molecule has 0 spiro atoms. The number of anilines is 1. The summed E-state index contributed by atoms with van der Waals surface area (Å²) < 4.78 is 5.18. The molecule has 1 aromatic carbocycles. The van der Waals surface area contributed by atoms with Crippen molar-refractivity contribution in [3.8, 4) is 5.75 Å². The Hall–Kier alpha value is -1.22. The van der Waals surface area contributed by atoms with Crippen LogP contribution < -0.4 is 15.0 Å². The van der Waals surface area contributed by atoms with Gasteiger partial charge in [-0.15, -0.1) is 0 Å². The Morgan fingerprint density at radius 1 is 1.40 bits per heavy atom. The summed E-state index contributed by atoms with van der Waals surface area (Å²) in [7, 11) is 5.76. The fraction of sp³-hybridized carbons (Fsp3) is 0.500. The average molecular weight is 208 g/mol. The van der Waals surface area contributed by atoms with Crippen molar-refractivity contribution in [3.63, 3.8) is 0 Å². The number of hydrogen-bond acceptors (Lipinski definition) is 3. The van der Waals surface area contributed by atoms with Gasteiger partial charge < -0.3 is 15.0 Å². The summed E-state index contributed by atoms with van der Waals surface area (Å²) in [6, 6.07) is 6.16. The lowest BCUT2D eigenvalue weighted by atomic mass is 10.1. The summed E-state index contributed by atoms with van der Waals surface area (Å²) in [5.74, 6) is 0.915. The Morgan fingerprint density at radius 3 is 2.67 bits per heavy atom. The fourth-order valence-electron chi connectivity index (χ4n) is 1.58. The molecule has 0 radical (unpaired) electrons. The predicted octanol–water partition coefficient (Wildman–Crippen LogP) is 1.66. The van der Waals surface area contributed by atoms with Crippen molar-refractivity contribution in [1.82, 2.24) is 5.32 Å². The van der Waals surface area contributed by atoms with E-state index in [1.165, 1.54) is 11.3 Å². The van der Waals surface area contributed by atoms with Crippen LogP contribution in [0, 0.1) is 6.92 Å². The number of hydrogen-bond donors (Lipinski definition) is 1. The first-order valence-corrected chi connectivity index (χ1v) is 5.19. The molecule has 0 aromatic heterocycles. The molecule has 84 valence electrons. The molecule has 0 unspecified atom stereocenters. The molecule has 0 fully saturated rings. The van der Waals surface area contributed by atoms with Gasteiger partial charge in [-0.3, -0.25) is 0 Å². The molecule has 0 aliphatic heterocycles. The van der Waals surface area contributed by atoms with Gasteiger partial charge in [-0.05, 0) is 37.7 Å². The topological polar surface area (TPSA) is 24.5 Å². The van der Waals surface area contributed by atoms with Gasteiger partial charge >= 0.3 is 0 Å². The number of ether oxygens (including phenoxy) is 1. The summed E-state index contributed by atoms with van der Waals surface area (Å²) in [6.07, 6.45) is 0. The van der Waals surface area contributed by atoms with E-state index >= 15 is 0 Å². The smallest absolute Gasteiger partial charge is 0.119 e. The van der Waals surface area contributed by atoms with Gasteiger partial charge in [0.15, 0.2) is 0 Å². The van der Waals surface area contributed by atoms with Gasteiger partial charge in [0.1, 0.15) is 5.75 Å². The van der Waals surface area contributed by atoms with Gasteiger partial charge in [-0.2, -0.15) is 0 Å². The fourth-order valence-corrected chi connectivity index (χ4v) is 1.58. The van der Waals surface area contributed by atoms with Crippen LogP contribution in [0.4, 0.5) is 5.69 Å². The largest absolute Gasteiger partial charge is 0.497 e. The van der Waals surface area contributed by atoms with E-state index in [4.69, 9.17) is 4.74 Å². The molecule has 0 bridgehead atoms. The lowest BCUT2D eigenvalue weighted by Gasteiger charge is -2.21. The third kappa shape index (κ3) is 3.13. The van der Waals surface area contributed by atoms with Crippen molar-refractivity contribution in [2.75, 3.05) is 39.2 Å². The highest BCUT2D eigenvalue weighted by molar-refractivity contribution is 5.55. The van der Waals surface area contributed by atoms with Crippen LogP contribution >= 0.6 is 0 Å². The van der Waals surface area contributed by atoms with Crippen LogP contribution in [0.25, 0.3) is 0 Å². The van der Waals surface area contributed by atoms with E-state index in [9.17, 15) is 0 Å². The highest BCUT2D eigenvalue weighted by Gasteiger charge is 2.04. The Kier molecular flexibility index (Phi) is 4.43. The average Bonchev–Trinajstić information content (AvgIpc) is 2.25. The zero-order valence-corrected chi connectivity index (χ0v) is 10.0. The molecule has 1 N–H and O–H groups in total. The van der Waals surface area contributed by atoms with Crippen molar-refractivity contribution in [2.45, 2.75) is 6.92 Å². The molecule has 3 heteroatoms. The van der Waals surface area contributed by atoms with Crippen LogP contribution in [-0.4, -0.2) is 34.3 Å². The predicted molar refractivity (Wildman–Crippen MR) is 64.9 cm³/mol. The molecule has 15 heavy (non-hydrogen) atoms. The molecule has 0 aliphatic carbocycles. The molecule has 0 saturated heterocycles. The Balaban J connectivity index is 2.76. The maximum absolute atomic E-state index is 5.18. The van der Waals surface area contributed by atoms with Gasteiger partial charge in [-0.1, -0.05) is 0 Å². The van der Waals surface area contributed by atoms with Crippen molar-refractivity contribution in [1.29, 1.82) is 0 Å². The normalized spacial score (nSPS) is 10.1. The molecule has 0 saturated carbocycles. The first-order chi connectivity index (χ1) is 7.19. The third-order valence-corrected chi connectivity index (χ3v) is 2.51. The van der Waals surface area contributed by atoms with Gasteiger partial charge in [0.2, 0.25) is 0 Å². The molecule has 0 atom stereocenters. The number of likely N-dealkylation sites (N-methyl/N-ethyl adjacent to an activating group) is 2. The van der Waals surface area contributed by atoms with Crippen LogP contribution in [0.15, 0.2) is 18.2 Å². The minimum absolute atomic E-state index is 0.915. The van der Waals surface area contributed by atoms with Crippen molar-refractivity contribution >= 4 is 5.69 Å². The summed E-state index contributed by atoms with van der Waals surface area (Å²) in [4.78, 5) is 2.24. The zero-order valence-electron chi connectivity index (χ0n) is 10.0. The quantitative estimate of drug-likeness (QED) is 0.796. The van der Waals surface area contributed by atoms with E-state index in [1.54, 1.807) is 7.11 Å². The van der Waals surface area contributed by atoms with E-state index in [0.29, 0.717) is 0 Å². The number of nitrogens with zero attached hydrogens (tertiary/aromatic N) is 1. The van der Waals surface area contributed by atoms with Crippen molar-refractivity contribution in [2.24, 2.45) is 0 Å². The van der Waals surface area contributed by atoms with E-state index in [2.05, 4.69) is 36.3 Å². The molecule has 1 aromatic rings. The van der Waals surface area contributed by atoms with Crippen LogP contribution in [0.2, 0.25) is 0 Å². The Morgan fingerprint density at radius 2 is 2.13 bits per heavy atom. The van der Waals surface area contributed by atoms with Crippen LogP contribution in [0.3, 0.4) is 0 Å². The van der Waals surface area contributed by atoms with Gasteiger partial charge in [0, 0.05) is 25.8 Å². The van der Waals surface area contributed by atoms with E-state index in [0.717, 1.165) is 18.8 Å². The second kappa shape index (κ2) is 5.61. The maximum atomic E-state index is 5.18. The van der Waals surface area contributed by atoms with Gasteiger partial charge in [-0.25, -0.2) is 0 Å². The van der Waals surface area contributed by atoms with E-state index in [-0.39, 0.29) is 0 Å². The molecular weight excluding hydrogens is 188 g/mol. The molecule has 0 aliphatic rings. The number of aryl methyl sites for hydroxylation is 1. The highest BCUT2D eigenvalue weighted by Crippen LogP contribution is 2.23. The molecule has 0 heterocycles. The van der Waals surface area contributed by atoms with E-state index in [1.807, 2.05) is 13.1 Å². The molecule has 3 nitrogen and oxygen atoms in total. The lowest BCUT2D eigenvalue weighted by Crippen LogP contribution is -2.27. The highest BCUT2D eigenvalue weighted by atomic mass is 16.5. The maximum Gasteiger partial charge on any atom is 0.119 e. The van der Waals surface area contributed by atoms with Crippen molar-refractivity contribution in [3.05, 3.63) is 23.8 Å². The molecule has 1 rings (SSSR count). The SMILES string of the molecule is CNCCN(C)c1ccc(OC)cc1C. The minimum atomic E-state index is 0.915. The Labute approximate surface area is 92.0 Å². The lowest BCUT2D eigenvalue weighted by molar-refractivity contribution is 0.414. The Bertz CT molecular complexity index is 312. The van der Waals surface area contributed by atoms with Gasteiger partial charge in [0.05, 0.1) is 7.11 Å². The second-order valence-electron chi connectivity index (χ2n) is 3.68. The second-order valence-corrected chi connectivity index (χ2v) is 3.68. The van der Waals surface area contributed by atoms with Crippen molar-refractivity contribution < 1.29 is 4.74 Å². The van der Waals surface area contributed by atoms with Crippen LogP contribution in [0.1, 0.15) is 5.56 Å². The van der Waals surface area contributed by atoms with Crippen LogP contribution in [0.5, 0.6) is 5.75 Å². The number of benzene rings is 1. The van der Waals surface area contributed by atoms with E-state index < -0.39 is 0 Å². The summed E-state index contributed by atoms with van der Waals surface area (Å²) in [5, 5.41) is 3.14. The number of methoxy groups -OCH3 is 1. The van der Waals surface area contributed by atoms with Gasteiger partial charge in [0.25, 0.3) is 0 Å². The number of rotatable bonds is 5. The monoisotopic (exact) mass is 208 g/mol. The minimum Gasteiger partial charge on any atom is -0.497 e. The van der Waals surface area contributed by atoms with Crippen LogP contribution in [-0.2, 0) is 0 Å². The zero-order chi connectivity index (χ0) is 11.3. The standard InChI is InChI=1S/C12H20N2O/c1-10-9-11(15-4)5-6-12(10)14(3)8-7-13-2/h5-6,9,13H,7-8H2,1-4H3. The summed E-state index contributed by atoms with van der Waals surface area (Å²) in [6.45, 7) is 4.10. The molecular formula is C12H20N2O. The summed E-state index contributed by atoms with van der Waals surface area (Å²) in [5.41, 5.74) is 2.50. The summed E-state index contributed by atoms with van der Waals surface area (Å²) >= 11 is 0. The first kappa shape index (κ1) is 11.9. The third-order valence-electron chi connectivity index (χ3n) is 2.51. The molecule has 0 amide bonds. The first-order valence-electron chi connectivity index (χ1n) is 5.19. The number of nitrogens with one attached hydrogen (secondary N) is 1.